The lowest BCUT2D eigenvalue weighted by molar-refractivity contribution is -0.121. The summed E-state index contributed by atoms with van der Waals surface area (Å²) < 4.78 is 0. The number of benzene rings is 3. The number of fused-ring (bicyclic) bond motifs is 1. The van der Waals surface area contributed by atoms with E-state index in [0.717, 1.165) is 5.56 Å². The van der Waals surface area contributed by atoms with Crippen LogP contribution < -0.4 is 4.90 Å². The number of hydrogen-bond donors (Lipinski definition) is 0. The second-order valence-electron chi connectivity index (χ2n) is 6.53. The first-order valence-corrected chi connectivity index (χ1v) is 8.81. The van der Waals surface area contributed by atoms with Gasteiger partial charge in [0.15, 0.2) is 11.3 Å². The molecule has 3 aromatic carbocycles. The fourth-order valence-corrected chi connectivity index (χ4v) is 3.56. The molecule has 0 saturated carbocycles. The number of azide groups is 1. The van der Waals surface area contributed by atoms with Gasteiger partial charge in [0.2, 0.25) is 0 Å². The maximum absolute atomic E-state index is 13.7. The number of nitrogens with zero attached hydrogens (tertiary/aromatic N) is 4. The van der Waals surface area contributed by atoms with Crippen LogP contribution in [0.15, 0.2) is 90.0 Å². The van der Waals surface area contributed by atoms with E-state index < -0.39 is 17.2 Å². The van der Waals surface area contributed by atoms with Crippen LogP contribution in [-0.2, 0) is 11.2 Å². The molecule has 0 saturated heterocycles. The maximum atomic E-state index is 13.7. The van der Waals surface area contributed by atoms with Crippen molar-refractivity contribution < 1.29 is 9.59 Å². The third-order valence-electron chi connectivity index (χ3n) is 4.85. The molecule has 6 nitrogen and oxygen atoms in total. The summed E-state index contributed by atoms with van der Waals surface area (Å²) in [6.07, 6.45) is -0.00671. The minimum atomic E-state index is -1.87. The quantitative estimate of drug-likeness (QED) is 0.285. The van der Waals surface area contributed by atoms with Crippen LogP contribution in [0.1, 0.15) is 15.9 Å². The number of rotatable bonds is 4. The summed E-state index contributed by atoms with van der Waals surface area (Å²) in [6, 6.07) is 25.0. The molecule has 3 aromatic rings. The van der Waals surface area contributed by atoms with Gasteiger partial charge in [-0.1, -0.05) is 65.8 Å². The largest absolute Gasteiger partial charge is 0.293 e. The predicted molar refractivity (Wildman–Crippen MR) is 106 cm³/mol. The highest BCUT2D eigenvalue weighted by Crippen LogP contribution is 2.41. The van der Waals surface area contributed by atoms with Crippen molar-refractivity contribution in [2.75, 3.05) is 4.90 Å². The molecule has 4 rings (SSSR count). The smallest absolute Gasteiger partial charge is 0.252 e. The maximum Gasteiger partial charge on any atom is 0.252 e. The Morgan fingerprint density at radius 2 is 1.46 bits per heavy atom. The van der Waals surface area contributed by atoms with Gasteiger partial charge in [-0.25, -0.2) is 0 Å². The van der Waals surface area contributed by atoms with Crippen molar-refractivity contribution in [3.8, 4) is 0 Å². The minimum Gasteiger partial charge on any atom is -0.293 e. The van der Waals surface area contributed by atoms with Crippen molar-refractivity contribution >= 4 is 23.1 Å². The SMILES string of the molecule is [N-]=[N+]=N[C@@]1(Cc2ccccc2)C(=O)c2ccccc2N(c2ccccc2)C1=O. The first-order chi connectivity index (χ1) is 13.7. The lowest BCUT2D eigenvalue weighted by Gasteiger charge is -2.38. The van der Waals surface area contributed by atoms with Crippen LogP contribution >= 0.6 is 0 Å². The molecule has 1 aliphatic heterocycles. The number of hydrogen-bond acceptors (Lipinski definition) is 3. The number of anilines is 2. The van der Waals surface area contributed by atoms with E-state index in [-0.39, 0.29) is 6.42 Å². The van der Waals surface area contributed by atoms with E-state index in [9.17, 15) is 15.1 Å². The molecule has 0 unspecified atom stereocenters. The Labute approximate surface area is 161 Å². The van der Waals surface area contributed by atoms with E-state index in [1.165, 1.54) is 4.90 Å². The van der Waals surface area contributed by atoms with Gasteiger partial charge in [-0.3, -0.25) is 14.5 Å². The lowest BCUT2D eigenvalue weighted by atomic mass is 9.79. The lowest BCUT2D eigenvalue weighted by Crippen LogP contribution is -2.56. The molecule has 0 fully saturated rings. The third kappa shape index (κ3) is 2.73. The van der Waals surface area contributed by atoms with Crippen LogP contribution in [0.2, 0.25) is 0 Å². The number of amides is 1. The van der Waals surface area contributed by atoms with E-state index in [4.69, 9.17) is 0 Å². The fraction of sp³-hybridized carbons (Fsp3) is 0.0909. The van der Waals surface area contributed by atoms with Gasteiger partial charge in [0.05, 0.1) is 5.69 Å². The Morgan fingerprint density at radius 1 is 0.857 bits per heavy atom. The summed E-state index contributed by atoms with van der Waals surface area (Å²) in [5, 5.41) is 3.79. The Hall–Kier alpha value is -3.89. The summed E-state index contributed by atoms with van der Waals surface area (Å²) in [6.45, 7) is 0. The van der Waals surface area contributed by atoms with Crippen molar-refractivity contribution in [3.63, 3.8) is 0 Å². The van der Waals surface area contributed by atoms with Gasteiger partial charge in [-0.05, 0) is 35.4 Å². The Balaban J connectivity index is 1.95. The van der Waals surface area contributed by atoms with Crippen molar-refractivity contribution in [1.82, 2.24) is 0 Å². The zero-order chi connectivity index (χ0) is 19.6. The van der Waals surface area contributed by atoms with E-state index in [0.29, 0.717) is 16.9 Å². The second-order valence-corrected chi connectivity index (χ2v) is 6.53. The van der Waals surface area contributed by atoms with Gasteiger partial charge in [-0.2, -0.15) is 0 Å². The molecule has 0 aliphatic carbocycles. The van der Waals surface area contributed by atoms with Crippen LogP contribution in [0, 0.1) is 0 Å². The molecule has 1 aliphatic rings. The van der Waals surface area contributed by atoms with Crippen molar-refractivity contribution in [3.05, 3.63) is 106 Å². The second kappa shape index (κ2) is 7.02. The molecule has 0 N–H and O–H groups in total. The molecule has 1 heterocycles. The molecule has 6 heteroatoms. The molecule has 1 amide bonds. The zero-order valence-corrected chi connectivity index (χ0v) is 14.9. The molecular weight excluding hydrogens is 352 g/mol. The Bertz CT molecular complexity index is 1090. The fourth-order valence-electron chi connectivity index (χ4n) is 3.56. The van der Waals surface area contributed by atoms with Gasteiger partial charge in [0.25, 0.3) is 5.91 Å². The first-order valence-electron chi connectivity index (χ1n) is 8.81. The monoisotopic (exact) mass is 368 g/mol. The molecule has 0 aromatic heterocycles. The molecular formula is C22H16N4O2. The molecule has 0 radical (unpaired) electrons. The van der Waals surface area contributed by atoms with Crippen molar-refractivity contribution in [2.24, 2.45) is 5.11 Å². The average Bonchev–Trinajstić information content (AvgIpc) is 2.74. The molecule has 136 valence electrons. The van der Waals surface area contributed by atoms with E-state index >= 15 is 0 Å². The predicted octanol–water partition coefficient (Wildman–Crippen LogP) is 4.84. The van der Waals surface area contributed by atoms with Gasteiger partial charge in [-0.15, -0.1) is 0 Å². The van der Waals surface area contributed by atoms with Crippen molar-refractivity contribution in [2.45, 2.75) is 12.0 Å². The van der Waals surface area contributed by atoms with E-state index in [2.05, 4.69) is 10.0 Å². The topological polar surface area (TPSA) is 86.1 Å². The highest BCUT2D eigenvalue weighted by Gasteiger charge is 2.53. The first kappa shape index (κ1) is 17.5. The average molecular weight is 368 g/mol. The summed E-state index contributed by atoms with van der Waals surface area (Å²) in [7, 11) is 0. The zero-order valence-electron chi connectivity index (χ0n) is 14.9. The minimum absolute atomic E-state index is 0.00671. The molecule has 0 spiro atoms. The van der Waals surface area contributed by atoms with Crippen LogP contribution in [0.5, 0.6) is 0 Å². The summed E-state index contributed by atoms with van der Waals surface area (Å²) in [5.41, 5.74) is 9.55. The standard InChI is InChI=1S/C22H16N4O2/c23-25-24-22(15-16-9-3-1-4-10-16)20(27)18-13-7-8-14-19(18)26(21(22)28)17-11-5-2-6-12-17/h1-14H,15H2/t22-/m0/s1. The van der Waals surface area contributed by atoms with Gasteiger partial charge in [0.1, 0.15) is 0 Å². The molecule has 1 atom stereocenters. The van der Waals surface area contributed by atoms with Crippen LogP contribution in [0.3, 0.4) is 0 Å². The molecule has 0 bridgehead atoms. The van der Waals surface area contributed by atoms with Crippen molar-refractivity contribution in [1.29, 1.82) is 0 Å². The van der Waals surface area contributed by atoms with Crippen LogP contribution in [0.25, 0.3) is 10.4 Å². The van der Waals surface area contributed by atoms with E-state index in [1.807, 2.05) is 48.5 Å². The number of carbonyl (C=O) groups is 2. The van der Waals surface area contributed by atoms with Crippen LogP contribution in [0.4, 0.5) is 11.4 Å². The Kier molecular flexibility index (Phi) is 4.39. The number of para-hydroxylation sites is 2. The van der Waals surface area contributed by atoms with Gasteiger partial charge >= 0.3 is 0 Å². The Morgan fingerprint density at radius 3 is 2.14 bits per heavy atom. The highest BCUT2D eigenvalue weighted by atomic mass is 16.2. The normalized spacial score (nSPS) is 18.4. The number of carbonyl (C=O) groups excluding carboxylic acids is 2. The number of Topliss-reactive ketones (excluding diaryl/α,β-unsaturated/α-hetero) is 1. The summed E-state index contributed by atoms with van der Waals surface area (Å²) in [5.74, 6) is -1.04. The highest BCUT2D eigenvalue weighted by molar-refractivity contribution is 6.30. The van der Waals surface area contributed by atoms with E-state index in [1.54, 1.807) is 36.4 Å². The summed E-state index contributed by atoms with van der Waals surface area (Å²) >= 11 is 0. The summed E-state index contributed by atoms with van der Waals surface area (Å²) in [4.78, 5) is 31.4. The molecule has 28 heavy (non-hydrogen) atoms. The van der Waals surface area contributed by atoms with Gasteiger partial charge in [0, 0.05) is 22.6 Å². The van der Waals surface area contributed by atoms with Gasteiger partial charge < -0.3 is 0 Å². The van der Waals surface area contributed by atoms with Crippen LogP contribution in [-0.4, -0.2) is 17.2 Å². The third-order valence-corrected chi connectivity index (χ3v) is 4.85. The number of ketones is 1.